The summed E-state index contributed by atoms with van der Waals surface area (Å²) in [7, 11) is 3.07. The fraction of sp³-hybridized carbons (Fsp3) is 0.364. The van der Waals surface area contributed by atoms with Gasteiger partial charge in [0.2, 0.25) is 0 Å². The van der Waals surface area contributed by atoms with Gasteiger partial charge in [0.15, 0.2) is 17.3 Å². The van der Waals surface area contributed by atoms with Crippen LogP contribution in [0.1, 0.15) is 23.7 Å². The van der Waals surface area contributed by atoms with Crippen LogP contribution < -0.4 is 9.47 Å². The number of ketones is 1. The zero-order valence-corrected chi connectivity index (χ0v) is 10.6. The van der Waals surface area contributed by atoms with E-state index in [0.717, 1.165) is 4.47 Å². The molecule has 0 aliphatic carbocycles. The maximum absolute atomic E-state index is 11.7. The van der Waals surface area contributed by atoms with Crippen molar-refractivity contribution in [2.75, 3.05) is 14.2 Å². The maximum Gasteiger partial charge on any atom is 0.171 e. The summed E-state index contributed by atoms with van der Waals surface area (Å²) in [5, 5.41) is 0. The van der Waals surface area contributed by atoms with E-state index in [-0.39, 0.29) is 5.78 Å². The lowest BCUT2D eigenvalue weighted by Gasteiger charge is -2.12. The van der Waals surface area contributed by atoms with Crippen LogP contribution in [0.25, 0.3) is 0 Å². The van der Waals surface area contributed by atoms with Crippen molar-refractivity contribution >= 4 is 21.7 Å². The van der Waals surface area contributed by atoms with Gasteiger partial charge in [-0.15, -0.1) is 0 Å². The molecule has 0 N–H and O–H groups in total. The van der Waals surface area contributed by atoms with E-state index in [1.54, 1.807) is 19.2 Å². The lowest BCUT2D eigenvalue weighted by Crippen LogP contribution is -2.02. The van der Waals surface area contributed by atoms with Crippen molar-refractivity contribution in [1.29, 1.82) is 0 Å². The fourth-order valence-electron chi connectivity index (χ4n) is 1.33. The first-order chi connectivity index (χ1) is 7.13. The quantitative estimate of drug-likeness (QED) is 0.791. The Hall–Kier alpha value is -1.03. The van der Waals surface area contributed by atoms with E-state index in [9.17, 15) is 4.79 Å². The summed E-state index contributed by atoms with van der Waals surface area (Å²) in [5.74, 6) is 1.09. The lowest BCUT2D eigenvalue weighted by molar-refractivity contribution is 0.0984. The van der Waals surface area contributed by atoms with E-state index in [4.69, 9.17) is 9.47 Å². The number of carbonyl (C=O) groups excluding carboxylic acids is 1. The van der Waals surface area contributed by atoms with Gasteiger partial charge in [0.25, 0.3) is 0 Å². The van der Waals surface area contributed by atoms with Crippen LogP contribution >= 0.6 is 15.9 Å². The molecule has 0 aliphatic heterocycles. The van der Waals surface area contributed by atoms with Gasteiger partial charge < -0.3 is 9.47 Å². The molecule has 0 aliphatic rings. The maximum atomic E-state index is 11.7. The van der Waals surface area contributed by atoms with E-state index >= 15 is 0 Å². The molecule has 82 valence electrons. The molecule has 1 aromatic carbocycles. The minimum Gasteiger partial charge on any atom is -0.493 e. The lowest BCUT2D eigenvalue weighted by atomic mass is 10.1. The number of benzene rings is 1. The van der Waals surface area contributed by atoms with Crippen LogP contribution in [0.2, 0.25) is 0 Å². The Morgan fingerprint density at radius 2 is 2.00 bits per heavy atom. The minimum atomic E-state index is 0.0338. The Bertz CT molecular complexity index is 374. The van der Waals surface area contributed by atoms with Crippen LogP contribution in [-0.4, -0.2) is 20.0 Å². The van der Waals surface area contributed by atoms with Crippen LogP contribution in [0.5, 0.6) is 11.5 Å². The highest BCUT2D eigenvalue weighted by molar-refractivity contribution is 9.10. The SMILES string of the molecule is CCC(=O)c1cc(Br)cc(OC)c1OC. The van der Waals surface area contributed by atoms with Gasteiger partial charge in [-0.2, -0.15) is 0 Å². The number of Topliss-reactive ketones (excluding diaryl/α,β-unsaturated/α-hetero) is 1. The van der Waals surface area contributed by atoms with Crippen LogP contribution in [0, 0.1) is 0 Å². The molecule has 0 radical (unpaired) electrons. The summed E-state index contributed by atoms with van der Waals surface area (Å²) in [6.07, 6.45) is 0.440. The van der Waals surface area contributed by atoms with Crippen LogP contribution in [-0.2, 0) is 0 Å². The number of methoxy groups -OCH3 is 2. The number of ether oxygens (including phenoxy) is 2. The summed E-state index contributed by atoms with van der Waals surface area (Å²) in [6.45, 7) is 1.81. The Labute approximate surface area is 97.5 Å². The van der Waals surface area contributed by atoms with Crippen LogP contribution in [0.4, 0.5) is 0 Å². The molecule has 0 atom stereocenters. The molecule has 0 spiro atoms. The molecule has 3 nitrogen and oxygen atoms in total. The monoisotopic (exact) mass is 272 g/mol. The molecule has 0 heterocycles. The van der Waals surface area contributed by atoms with Crippen molar-refractivity contribution in [3.63, 3.8) is 0 Å². The summed E-state index contributed by atoms with van der Waals surface area (Å²) in [5.41, 5.74) is 0.547. The van der Waals surface area contributed by atoms with Gasteiger partial charge in [0.05, 0.1) is 19.8 Å². The fourth-order valence-corrected chi connectivity index (χ4v) is 1.77. The van der Waals surface area contributed by atoms with E-state index in [1.807, 2.05) is 6.92 Å². The Balaban J connectivity index is 3.35. The van der Waals surface area contributed by atoms with Gasteiger partial charge in [0, 0.05) is 10.9 Å². The molecule has 0 unspecified atom stereocenters. The number of hydrogen-bond acceptors (Lipinski definition) is 3. The van der Waals surface area contributed by atoms with Crippen LogP contribution in [0.3, 0.4) is 0 Å². The van der Waals surface area contributed by atoms with Gasteiger partial charge in [-0.05, 0) is 12.1 Å². The zero-order chi connectivity index (χ0) is 11.4. The Morgan fingerprint density at radius 1 is 1.33 bits per heavy atom. The second kappa shape index (κ2) is 5.16. The smallest absolute Gasteiger partial charge is 0.171 e. The first-order valence-electron chi connectivity index (χ1n) is 4.58. The van der Waals surface area contributed by atoms with E-state index in [2.05, 4.69) is 15.9 Å². The van der Waals surface area contributed by atoms with Crippen molar-refractivity contribution < 1.29 is 14.3 Å². The Kier molecular flexibility index (Phi) is 4.15. The summed E-state index contributed by atoms with van der Waals surface area (Å²) in [6, 6.07) is 3.51. The topological polar surface area (TPSA) is 35.5 Å². The van der Waals surface area contributed by atoms with Crippen LogP contribution in [0.15, 0.2) is 16.6 Å². The predicted octanol–water partition coefficient (Wildman–Crippen LogP) is 3.06. The van der Waals surface area contributed by atoms with E-state index in [0.29, 0.717) is 23.5 Å². The summed E-state index contributed by atoms with van der Waals surface area (Å²) < 4.78 is 11.1. The molecule has 0 saturated carbocycles. The van der Waals surface area contributed by atoms with Gasteiger partial charge in [-0.3, -0.25) is 4.79 Å². The molecule has 0 fully saturated rings. The molecule has 1 rings (SSSR count). The first-order valence-corrected chi connectivity index (χ1v) is 5.38. The summed E-state index contributed by atoms with van der Waals surface area (Å²) in [4.78, 5) is 11.7. The third-order valence-corrected chi connectivity index (χ3v) is 2.52. The molecular formula is C11H13BrO3. The van der Waals surface area contributed by atoms with Crippen molar-refractivity contribution in [1.82, 2.24) is 0 Å². The third kappa shape index (κ3) is 2.50. The number of carbonyl (C=O) groups is 1. The average molecular weight is 273 g/mol. The van der Waals surface area contributed by atoms with Crippen molar-refractivity contribution in [2.24, 2.45) is 0 Å². The highest BCUT2D eigenvalue weighted by atomic mass is 79.9. The van der Waals surface area contributed by atoms with Gasteiger partial charge in [-0.1, -0.05) is 22.9 Å². The molecule has 1 aromatic rings. The normalized spacial score (nSPS) is 9.87. The molecule has 0 aromatic heterocycles. The molecule has 15 heavy (non-hydrogen) atoms. The second-order valence-electron chi connectivity index (χ2n) is 2.97. The van der Waals surface area contributed by atoms with Gasteiger partial charge in [-0.25, -0.2) is 0 Å². The van der Waals surface area contributed by atoms with E-state index < -0.39 is 0 Å². The number of hydrogen-bond donors (Lipinski definition) is 0. The third-order valence-electron chi connectivity index (χ3n) is 2.07. The predicted molar refractivity (Wildman–Crippen MR) is 61.9 cm³/mol. The second-order valence-corrected chi connectivity index (χ2v) is 3.88. The van der Waals surface area contributed by atoms with Gasteiger partial charge >= 0.3 is 0 Å². The Morgan fingerprint density at radius 3 is 2.47 bits per heavy atom. The standard InChI is InChI=1S/C11H13BrO3/c1-4-9(13)8-5-7(12)6-10(14-2)11(8)15-3/h5-6H,4H2,1-3H3. The highest BCUT2D eigenvalue weighted by Gasteiger charge is 2.16. The molecule has 4 heteroatoms. The number of halogens is 1. The minimum absolute atomic E-state index is 0.0338. The first kappa shape index (κ1) is 12.0. The molecule has 0 saturated heterocycles. The molecule has 0 amide bonds. The zero-order valence-electron chi connectivity index (χ0n) is 8.96. The van der Waals surface area contributed by atoms with Crippen molar-refractivity contribution in [3.05, 3.63) is 22.2 Å². The molecule has 0 bridgehead atoms. The highest BCUT2D eigenvalue weighted by Crippen LogP contribution is 2.35. The molecular weight excluding hydrogens is 260 g/mol. The average Bonchev–Trinajstić information content (AvgIpc) is 2.26. The van der Waals surface area contributed by atoms with Gasteiger partial charge in [0.1, 0.15) is 0 Å². The largest absolute Gasteiger partial charge is 0.493 e. The van der Waals surface area contributed by atoms with Crippen molar-refractivity contribution in [2.45, 2.75) is 13.3 Å². The van der Waals surface area contributed by atoms with Crippen molar-refractivity contribution in [3.8, 4) is 11.5 Å². The number of rotatable bonds is 4. The summed E-state index contributed by atoms with van der Waals surface area (Å²) >= 11 is 3.33. The van der Waals surface area contributed by atoms with E-state index in [1.165, 1.54) is 7.11 Å².